The predicted molar refractivity (Wildman–Crippen MR) is 107 cm³/mol. The number of aromatic nitrogens is 2. The molecular formula is C22H18N4O2. The molecule has 2 aromatic heterocycles. The molecule has 2 aromatic carbocycles. The molecule has 28 heavy (non-hydrogen) atoms. The first kappa shape index (κ1) is 17.5. The van der Waals surface area contributed by atoms with Gasteiger partial charge in [-0.25, -0.2) is 5.43 Å². The molecule has 4 aromatic rings. The van der Waals surface area contributed by atoms with Gasteiger partial charge in [0.1, 0.15) is 5.69 Å². The standard InChI is InChI=1S/C22H18N4O2/c27-22(20-12-7-13-28-20)24-23-14-19-16-26(15-17-8-3-1-4-9-17)25-21(19)18-10-5-2-6-11-18/h1-14,16H,15H2,(H,24,27)/b23-14-. The van der Waals surface area contributed by atoms with Gasteiger partial charge in [0, 0.05) is 17.3 Å². The summed E-state index contributed by atoms with van der Waals surface area (Å²) in [4.78, 5) is 12.0. The van der Waals surface area contributed by atoms with Gasteiger partial charge in [0.2, 0.25) is 0 Å². The third-order valence-electron chi connectivity index (χ3n) is 4.14. The monoisotopic (exact) mass is 370 g/mol. The first-order valence-electron chi connectivity index (χ1n) is 8.83. The van der Waals surface area contributed by atoms with Crippen LogP contribution in [0.15, 0.2) is 94.8 Å². The molecular weight excluding hydrogens is 352 g/mol. The SMILES string of the molecule is O=C(N/N=C\c1cn(Cc2ccccc2)nc1-c1ccccc1)c1ccco1. The Morgan fingerprint density at radius 3 is 2.50 bits per heavy atom. The van der Waals surface area contributed by atoms with E-state index in [1.165, 1.54) is 6.26 Å². The summed E-state index contributed by atoms with van der Waals surface area (Å²) in [6, 6.07) is 23.2. The van der Waals surface area contributed by atoms with Crippen LogP contribution in [0, 0.1) is 0 Å². The zero-order valence-electron chi connectivity index (χ0n) is 15.0. The number of rotatable bonds is 6. The molecule has 0 saturated heterocycles. The average molecular weight is 370 g/mol. The fourth-order valence-electron chi connectivity index (χ4n) is 2.83. The third kappa shape index (κ3) is 4.07. The van der Waals surface area contributed by atoms with Crippen LogP contribution in [-0.4, -0.2) is 21.9 Å². The number of nitrogens with zero attached hydrogens (tertiary/aromatic N) is 3. The molecule has 0 aliphatic rings. The minimum absolute atomic E-state index is 0.209. The maximum absolute atomic E-state index is 12.0. The summed E-state index contributed by atoms with van der Waals surface area (Å²) < 4.78 is 6.93. The Balaban J connectivity index is 1.59. The molecule has 1 amide bonds. The van der Waals surface area contributed by atoms with Crippen LogP contribution in [0.4, 0.5) is 0 Å². The number of benzene rings is 2. The van der Waals surface area contributed by atoms with Crippen molar-refractivity contribution in [1.29, 1.82) is 0 Å². The van der Waals surface area contributed by atoms with Gasteiger partial charge < -0.3 is 4.42 Å². The molecule has 1 N–H and O–H groups in total. The molecule has 0 aliphatic carbocycles. The Kier molecular flexibility index (Phi) is 5.11. The number of hydrogen-bond donors (Lipinski definition) is 1. The maximum atomic E-state index is 12.0. The van der Waals surface area contributed by atoms with E-state index in [4.69, 9.17) is 9.52 Å². The Morgan fingerprint density at radius 2 is 1.79 bits per heavy atom. The Hall–Kier alpha value is -3.93. The fraction of sp³-hybridized carbons (Fsp3) is 0.0455. The number of carbonyl (C=O) groups is 1. The number of carbonyl (C=O) groups excluding carboxylic acids is 1. The summed E-state index contributed by atoms with van der Waals surface area (Å²) >= 11 is 0. The molecule has 4 rings (SSSR count). The molecule has 0 unspecified atom stereocenters. The van der Waals surface area contributed by atoms with Gasteiger partial charge in [-0.15, -0.1) is 0 Å². The number of hydrazone groups is 1. The van der Waals surface area contributed by atoms with Crippen molar-refractivity contribution in [2.75, 3.05) is 0 Å². The lowest BCUT2D eigenvalue weighted by molar-refractivity contribution is 0.0927. The van der Waals surface area contributed by atoms with Crippen molar-refractivity contribution in [3.05, 3.63) is 102 Å². The zero-order chi connectivity index (χ0) is 19.2. The average Bonchev–Trinajstić information content (AvgIpc) is 3.40. The fourth-order valence-corrected chi connectivity index (χ4v) is 2.83. The first-order valence-corrected chi connectivity index (χ1v) is 8.83. The second-order valence-corrected chi connectivity index (χ2v) is 6.16. The van der Waals surface area contributed by atoms with E-state index < -0.39 is 5.91 Å². The largest absolute Gasteiger partial charge is 0.459 e. The van der Waals surface area contributed by atoms with Gasteiger partial charge in [0.25, 0.3) is 0 Å². The van der Waals surface area contributed by atoms with Crippen LogP contribution in [0.3, 0.4) is 0 Å². The molecule has 2 heterocycles. The topological polar surface area (TPSA) is 72.4 Å². The summed E-state index contributed by atoms with van der Waals surface area (Å²) in [5.74, 6) is -0.195. The Bertz CT molecular complexity index is 1070. The summed E-state index contributed by atoms with van der Waals surface area (Å²) in [5, 5.41) is 8.78. The van der Waals surface area contributed by atoms with Crippen LogP contribution >= 0.6 is 0 Å². The summed E-state index contributed by atoms with van der Waals surface area (Å²) in [6.07, 6.45) is 4.95. The molecule has 0 spiro atoms. The minimum atomic E-state index is -0.404. The predicted octanol–water partition coefficient (Wildman–Crippen LogP) is 3.96. The molecule has 0 aliphatic heterocycles. The van der Waals surface area contributed by atoms with Gasteiger partial charge >= 0.3 is 5.91 Å². The number of nitrogens with one attached hydrogen (secondary N) is 1. The van der Waals surface area contributed by atoms with Gasteiger partial charge in [-0.1, -0.05) is 60.7 Å². The Labute approximate surface area is 162 Å². The first-order chi connectivity index (χ1) is 13.8. The van der Waals surface area contributed by atoms with Gasteiger partial charge in [-0.2, -0.15) is 10.2 Å². The minimum Gasteiger partial charge on any atom is -0.459 e. The highest BCUT2D eigenvalue weighted by molar-refractivity contribution is 5.93. The highest BCUT2D eigenvalue weighted by Crippen LogP contribution is 2.21. The second-order valence-electron chi connectivity index (χ2n) is 6.16. The lowest BCUT2D eigenvalue weighted by Crippen LogP contribution is -2.16. The van der Waals surface area contributed by atoms with E-state index in [-0.39, 0.29) is 5.76 Å². The van der Waals surface area contributed by atoms with Crippen molar-refractivity contribution in [3.8, 4) is 11.3 Å². The van der Waals surface area contributed by atoms with Crippen LogP contribution in [0.2, 0.25) is 0 Å². The lowest BCUT2D eigenvalue weighted by Gasteiger charge is -2.01. The highest BCUT2D eigenvalue weighted by Gasteiger charge is 2.11. The van der Waals surface area contributed by atoms with Crippen molar-refractivity contribution in [2.45, 2.75) is 6.54 Å². The number of amides is 1. The van der Waals surface area contributed by atoms with E-state index in [0.717, 1.165) is 22.4 Å². The summed E-state index contributed by atoms with van der Waals surface area (Å²) in [5.41, 5.74) is 6.21. The van der Waals surface area contributed by atoms with Gasteiger partial charge in [0.05, 0.1) is 19.0 Å². The van der Waals surface area contributed by atoms with E-state index in [9.17, 15) is 4.79 Å². The van der Waals surface area contributed by atoms with Gasteiger partial charge in [-0.05, 0) is 17.7 Å². The van der Waals surface area contributed by atoms with Crippen LogP contribution in [0.1, 0.15) is 21.7 Å². The van der Waals surface area contributed by atoms with E-state index in [0.29, 0.717) is 6.54 Å². The quantitative estimate of drug-likeness (QED) is 0.412. The Morgan fingerprint density at radius 1 is 1.04 bits per heavy atom. The molecule has 0 bridgehead atoms. The summed E-state index contributed by atoms with van der Waals surface area (Å²) in [7, 11) is 0. The van der Waals surface area contributed by atoms with Crippen molar-refractivity contribution in [2.24, 2.45) is 5.10 Å². The van der Waals surface area contributed by atoms with Crippen molar-refractivity contribution in [1.82, 2.24) is 15.2 Å². The number of furan rings is 1. The van der Waals surface area contributed by atoms with Crippen LogP contribution in [0.25, 0.3) is 11.3 Å². The van der Waals surface area contributed by atoms with Crippen molar-refractivity contribution in [3.63, 3.8) is 0 Å². The molecule has 0 fully saturated rings. The van der Waals surface area contributed by atoms with Crippen molar-refractivity contribution < 1.29 is 9.21 Å². The zero-order valence-corrected chi connectivity index (χ0v) is 15.0. The van der Waals surface area contributed by atoms with Crippen molar-refractivity contribution >= 4 is 12.1 Å². The molecule has 6 heteroatoms. The van der Waals surface area contributed by atoms with E-state index in [2.05, 4.69) is 22.7 Å². The van der Waals surface area contributed by atoms with Gasteiger partial charge in [-0.3, -0.25) is 9.48 Å². The lowest BCUT2D eigenvalue weighted by atomic mass is 10.1. The molecule has 138 valence electrons. The highest BCUT2D eigenvalue weighted by atomic mass is 16.3. The smallest absolute Gasteiger partial charge is 0.307 e. The molecule has 0 atom stereocenters. The number of hydrogen-bond acceptors (Lipinski definition) is 4. The van der Waals surface area contributed by atoms with E-state index >= 15 is 0 Å². The molecule has 0 saturated carbocycles. The maximum Gasteiger partial charge on any atom is 0.307 e. The summed E-state index contributed by atoms with van der Waals surface area (Å²) in [6.45, 7) is 0.646. The third-order valence-corrected chi connectivity index (χ3v) is 4.14. The van der Waals surface area contributed by atoms with Crippen LogP contribution in [0.5, 0.6) is 0 Å². The molecule has 6 nitrogen and oxygen atoms in total. The van der Waals surface area contributed by atoms with E-state index in [1.54, 1.807) is 18.3 Å². The van der Waals surface area contributed by atoms with Gasteiger partial charge in [0.15, 0.2) is 5.76 Å². The van der Waals surface area contributed by atoms with Crippen LogP contribution < -0.4 is 5.43 Å². The normalized spacial score (nSPS) is 11.0. The van der Waals surface area contributed by atoms with Crippen LogP contribution in [-0.2, 0) is 6.54 Å². The van der Waals surface area contributed by atoms with E-state index in [1.807, 2.05) is 59.4 Å². The second kappa shape index (κ2) is 8.18. The molecule has 0 radical (unpaired) electrons.